The molecule has 3 aromatic rings. The van der Waals surface area contributed by atoms with Crippen LogP contribution >= 0.6 is 23.4 Å². The molecule has 7 nitrogen and oxygen atoms in total. The molecule has 4 rings (SSSR count). The predicted octanol–water partition coefficient (Wildman–Crippen LogP) is 4.13. The second-order valence-corrected chi connectivity index (χ2v) is 8.61. The minimum absolute atomic E-state index is 0.102. The van der Waals surface area contributed by atoms with Crippen molar-refractivity contribution in [2.24, 2.45) is 0 Å². The van der Waals surface area contributed by atoms with Crippen LogP contribution in [0.15, 0.2) is 58.8 Å². The summed E-state index contributed by atoms with van der Waals surface area (Å²) in [5.41, 5.74) is 1.98. The van der Waals surface area contributed by atoms with Gasteiger partial charge >= 0.3 is 0 Å². The van der Waals surface area contributed by atoms with Gasteiger partial charge in [-0.25, -0.2) is 0 Å². The standard InChI is InChI=1S/C22H24ClN5O2S/c1-3-8-28-21(19-7-13-30-16(19)2)24-25-22(28)31-15-20(29)27-11-9-26(10-12-27)18-6-4-5-17(23)14-18/h3-7,13-14H,1,8-12,15H2,2H3. The Morgan fingerprint density at radius 2 is 2.06 bits per heavy atom. The topological polar surface area (TPSA) is 67.4 Å². The highest BCUT2D eigenvalue weighted by Gasteiger charge is 2.23. The number of thioether (sulfide) groups is 1. The fraction of sp³-hybridized carbons (Fsp3) is 0.318. The molecule has 1 saturated heterocycles. The molecule has 0 unspecified atom stereocenters. The summed E-state index contributed by atoms with van der Waals surface area (Å²) in [5.74, 6) is 1.92. The number of nitrogens with zero attached hydrogens (tertiary/aromatic N) is 5. The Hall–Kier alpha value is -2.71. The van der Waals surface area contributed by atoms with Crippen LogP contribution in [0.2, 0.25) is 5.02 Å². The lowest BCUT2D eigenvalue weighted by Gasteiger charge is -2.36. The molecule has 1 aliphatic rings. The molecule has 0 atom stereocenters. The number of aromatic nitrogens is 3. The minimum atomic E-state index is 0.102. The second kappa shape index (κ2) is 9.62. The molecule has 3 heterocycles. The third kappa shape index (κ3) is 4.80. The summed E-state index contributed by atoms with van der Waals surface area (Å²) < 4.78 is 7.36. The van der Waals surface area contributed by atoms with Crippen molar-refractivity contribution >= 4 is 35.0 Å². The van der Waals surface area contributed by atoms with E-state index in [1.807, 2.05) is 46.7 Å². The number of hydrogen-bond donors (Lipinski definition) is 0. The molecular formula is C22H24ClN5O2S. The fourth-order valence-electron chi connectivity index (χ4n) is 3.61. The summed E-state index contributed by atoms with van der Waals surface area (Å²) in [6, 6.07) is 9.69. The quantitative estimate of drug-likeness (QED) is 0.392. The van der Waals surface area contributed by atoms with Gasteiger partial charge in [0.25, 0.3) is 0 Å². The first kappa shape index (κ1) is 21.5. The zero-order valence-electron chi connectivity index (χ0n) is 17.3. The van der Waals surface area contributed by atoms with Gasteiger partial charge in [-0.2, -0.15) is 0 Å². The van der Waals surface area contributed by atoms with E-state index in [-0.39, 0.29) is 5.91 Å². The molecule has 0 spiro atoms. The normalized spacial score (nSPS) is 14.1. The van der Waals surface area contributed by atoms with Crippen LogP contribution in [0.5, 0.6) is 0 Å². The lowest BCUT2D eigenvalue weighted by atomic mass is 10.2. The van der Waals surface area contributed by atoms with Crippen molar-refractivity contribution in [3.63, 3.8) is 0 Å². The maximum atomic E-state index is 12.8. The van der Waals surface area contributed by atoms with Crippen LogP contribution in [0.25, 0.3) is 11.4 Å². The number of aryl methyl sites for hydroxylation is 1. The lowest BCUT2D eigenvalue weighted by Crippen LogP contribution is -2.49. The summed E-state index contributed by atoms with van der Waals surface area (Å²) in [5, 5.41) is 10.0. The number of furan rings is 1. The molecule has 162 valence electrons. The van der Waals surface area contributed by atoms with E-state index in [0.717, 1.165) is 40.9 Å². The Labute approximate surface area is 190 Å². The van der Waals surface area contributed by atoms with E-state index < -0.39 is 0 Å². The molecule has 31 heavy (non-hydrogen) atoms. The maximum Gasteiger partial charge on any atom is 0.233 e. The molecular weight excluding hydrogens is 434 g/mol. The van der Waals surface area contributed by atoms with Gasteiger partial charge in [0, 0.05) is 43.4 Å². The van der Waals surface area contributed by atoms with Crippen LogP contribution in [-0.2, 0) is 11.3 Å². The SMILES string of the molecule is C=CCn1c(SCC(=O)N2CCN(c3cccc(Cl)c3)CC2)nnc1-c1ccoc1C. The molecule has 0 aliphatic carbocycles. The van der Waals surface area contributed by atoms with E-state index in [1.54, 1.807) is 12.3 Å². The summed E-state index contributed by atoms with van der Waals surface area (Å²) in [6.45, 7) is 9.22. The number of amides is 1. The van der Waals surface area contributed by atoms with Gasteiger partial charge in [0.05, 0.1) is 17.6 Å². The van der Waals surface area contributed by atoms with Crippen LogP contribution in [0.1, 0.15) is 5.76 Å². The van der Waals surface area contributed by atoms with Crippen molar-refractivity contribution in [1.29, 1.82) is 0 Å². The number of anilines is 1. The monoisotopic (exact) mass is 457 g/mol. The second-order valence-electron chi connectivity index (χ2n) is 7.23. The minimum Gasteiger partial charge on any atom is -0.469 e. The van der Waals surface area contributed by atoms with E-state index >= 15 is 0 Å². The van der Waals surface area contributed by atoms with Crippen LogP contribution in [-0.4, -0.2) is 57.5 Å². The van der Waals surface area contributed by atoms with Crippen molar-refractivity contribution in [3.05, 3.63) is 60.0 Å². The van der Waals surface area contributed by atoms with Gasteiger partial charge in [-0.15, -0.1) is 16.8 Å². The number of piperazine rings is 1. The largest absolute Gasteiger partial charge is 0.469 e. The molecule has 1 fully saturated rings. The van der Waals surface area contributed by atoms with E-state index in [4.69, 9.17) is 16.0 Å². The first-order valence-corrected chi connectivity index (χ1v) is 11.4. The zero-order chi connectivity index (χ0) is 21.8. The van der Waals surface area contributed by atoms with Crippen molar-refractivity contribution < 1.29 is 9.21 Å². The smallest absolute Gasteiger partial charge is 0.233 e. The number of halogens is 1. The summed E-state index contributed by atoms with van der Waals surface area (Å²) >= 11 is 7.50. The molecule has 0 N–H and O–H groups in total. The molecule has 0 radical (unpaired) electrons. The van der Waals surface area contributed by atoms with Crippen molar-refractivity contribution in [1.82, 2.24) is 19.7 Å². The molecule has 1 amide bonds. The van der Waals surface area contributed by atoms with Gasteiger partial charge in [0.1, 0.15) is 5.76 Å². The molecule has 1 aliphatic heterocycles. The molecule has 9 heteroatoms. The molecule has 0 bridgehead atoms. The Kier molecular flexibility index (Phi) is 6.67. The average Bonchev–Trinajstić information content (AvgIpc) is 3.38. The molecule has 0 saturated carbocycles. The van der Waals surface area contributed by atoms with E-state index in [2.05, 4.69) is 21.7 Å². The Bertz CT molecular complexity index is 1070. The van der Waals surface area contributed by atoms with Crippen LogP contribution < -0.4 is 4.90 Å². The molecule has 2 aromatic heterocycles. The van der Waals surface area contributed by atoms with Gasteiger partial charge in [0.2, 0.25) is 5.91 Å². The summed E-state index contributed by atoms with van der Waals surface area (Å²) in [6.07, 6.45) is 3.43. The zero-order valence-corrected chi connectivity index (χ0v) is 18.9. The van der Waals surface area contributed by atoms with Crippen molar-refractivity contribution in [2.75, 3.05) is 36.8 Å². The van der Waals surface area contributed by atoms with E-state index in [1.165, 1.54) is 11.8 Å². The number of rotatable bonds is 7. The number of benzene rings is 1. The first-order valence-electron chi connectivity index (χ1n) is 10.1. The van der Waals surface area contributed by atoms with Crippen LogP contribution in [0.3, 0.4) is 0 Å². The van der Waals surface area contributed by atoms with Crippen molar-refractivity contribution in [3.8, 4) is 11.4 Å². The fourth-order valence-corrected chi connectivity index (χ4v) is 4.64. The highest BCUT2D eigenvalue weighted by Crippen LogP contribution is 2.27. The van der Waals surface area contributed by atoms with Gasteiger partial charge in [-0.05, 0) is 31.2 Å². The number of carbonyl (C=O) groups excluding carboxylic acids is 1. The lowest BCUT2D eigenvalue weighted by molar-refractivity contribution is -0.128. The first-order chi connectivity index (χ1) is 15.1. The van der Waals surface area contributed by atoms with Gasteiger partial charge in [-0.3, -0.25) is 9.36 Å². The van der Waals surface area contributed by atoms with E-state index in [0.29, 0.717) is 30.5 Å². The number of allylic oxidation sites excluding steroid dienone is 1. The molecule has 1 aromatic carbocycles. The summed E-state index contributed by atoms with van der Waals surface area (Å²) in [4.78, 5) is 17.0. The third-order valence-corrected chi connectivity index (χ3v) is 6.45. The maximum absolute atomic E-state index is 12.8. The Morgan fingerprint density at radius 3 is 2.74 bits per heavy atom. The Morgan fingerprint density at radius 1 is 1.26 bits per heavy atom. The number of carbonyl (C=O) groups is 1. The summed E-state index contributed by atoms with van der Waals surface area (Å²) in [7, 11) is 0. The highest BCUT2D eigenvalue weighted by molar-refractivity contribution is 7.99. The highest BCUT2D eigenvalue weighted by atomic mass is 35.5. The predicted molar refractivity (Wildman–Crippen MR) is 124 cm³/mol. The average molecular weight is 458 g/mol. The van der Waals surface area contributed by atoms with Crippen LogP contribution in [0.4, 0.5) is 5.69 Å². The third-order valence-electron chi connectivity index (χ3n) is 5.26. The van der Waals surface area contributed by atoms with Crippen LogP contribution in [0, 0.1) is 6.92 Å². The van der Waals surface area contributed by atoms with Gasteiger partial charge < -0.3 is 14.2 Å². The van der Waals surface area contributed by atoms with Gasteiger partial charge in [0.15, 0.2) is 11.0 Å². The van der Waals surface area contributed by atoms with Crippen molar-refractivity contribution in [2.45, 2.75) is 18.6 Å². The number of hydrogen-bond acceptors (Lipinski definition) is 6. The van der Waals surface area contributed by atoms with Gasteiger partial charge in [-0.1, -0.05) is 35.5 Å². The van der Waals surface area contributed by atoms with E-state index in [9.17, 15) is 4.79 Å². The Balaban J connectivity index is 1.37.